The van der Waals surface area contributed by atoms with Crippen molar-refractivity contribution in [2.45, 2.75) is 17.9 Å². The number of nitrogens with two attached hydrogens (primary N) is 1. The van der Waals surface area contributed by atoms with E-state index in [9.17, 15) is 13.2 Å². The van der Waals surface area contributed by atoms with Gasteiger partial charge in [-0.15, -0.1) is 0 Å². The van der Waals surface area contributed by atoms with Gasteiger partial charge in [0.2, 0.25) is 0 Å². The average molecular weight is 411 g/mol. The van der Waals surface area contributed by atoms with Crippen molar-refractivity contribution in [3.05, 3.63) is 52.5 Å². The van der Waals surface area contributed by atoms with Crippen molar-refractivity contribution in [2.75, 3.05) is 10.8 Å². The highest BCUT2D eigenvalue weighted by atomic mass is 79.9. The number of amides is 1. The molecule has 8 heteroatoms. The van der Waals surface area contributed by atoms with Crippen LogP contribution in [-0.4, -0.2) is 27.0 Å². The Morgan fingerprint density at radius 3 is 2.71 bits per heavy atom. The monoisotopic (exact) mass is 410 g/mol. The molecule has 0 saturated heterocycles. The largest absolute Gasteiger partial charge is 0.476 e. The minimum absolute atomic E-state index is 0.164. The van der Waals surface area contributed by atoms with Crippen LogP contribution >= 0.6 is 15.9 Å². The average Bonchev–Trinajstić information content (AvgIpc) is 2.55. The normalized spacial score (nSPS) is 17.1. The molecule has 1 atom stereocenters. The number of rotatable bonds is 3. The van der Waals surface area contributed by atoms with Gasteiger partial charge in [-0.25, -0.2) is 8.42 Å². The molecule has 0 saturated carbocycles. The third-order valence-electron chi connectivity index (χ3n) is 3.77. The minimum Gasteiger partial charge on any atom is -0.476 e. The molecule has 6 nitrogen and oxygen atoms in total. The van der Waals surface area contributed by atoms with Gasteiger partial charge >= 0.3 is 0 Å². The second-order valence-corrected chi connectivity index (χ2v) is 8.17. The van der Waals surface area contributed by atoms with E-state index in [-0.39, 0.29) is 11.4 Å². The van der Waals surface area contributed by atoms with Gasteiger partial charge < -0.3 is 10.5 Å². The van der Waals surface area contributed by atoms with Gasteiger partial charge in [0.25, 0.3) is 15.9 Å². The molecule has 1 amide bonds. The van der Waals surface area contributed by atoms with Gasteiger partial charge in [-0.2, -0.15) is 0 Å². The van der Waals surface area contributed by atoms with E-state index in [4.69, 9.17) is 10.5 Å². The summed E-state index contributed by atoms with van der Waals surface area (Å²) in [6, 6.07) is 11.7. The molecule has 126 valence electrons. The fourth-order valence-electron chi connectivity index (χ4n) is 2.55. The maximum absolute atomic E-state index is 13.2. The first kappa shape index (κ1) is 16.8. The topological polar surface area (TPSA) is 89.7 Å². The lowest BCUT2D eigenvalue weighted by Crippen LogP contribution is -2.49. The molecule has 0 unspecified atom stereocenters. The number of fused-ring (bicyclic) bond motifs is 1. The summed E-state index contributed by atoms with van der Waals surface area (Å²) in [5, 5.41) is 0. The van der Waals surface area contributed by atoms with Crippen LogP contribution in [0.4, 0.5) is 5.69 Å². The molecule has 0 spiro atoms. The van der Waals surface area contributed by atoms with Crippen LogP contribution in [0.25, 0.3) is 0 Å². The number of nitrogens with zero attached hydrogens (tertiary/aromatic N) is 1. The number of carbonyl (C=O) groups is 1. The second kappa shape index (κ2) is 6.10. The molecule has 0 bridgehead atoms. The zero-order valence-electron chi connectivity index (χ0n) is 12.8. The number of benzene rings is 2. The molecule has 1 heterocycles. The number of hydrogen-bond acceptors (Lipinski definition) is 4. The predicted molar refractivity (Wildman–Crippen MR) is 93.5 cm³/mol. The molecular weight excluding hydrogens is 396 g/mol. The van der Waals surface area contributed by atoms with Crippen LogP contribution in [0, 0.1) is 6.92 Å². The number of aryl methyl sites for hydroxylation is 1. The highest BCUT2D eigenvalue weighted by molar-refractivity contribution is 9.10. The summed E-state index contributed by atoms with van der Waals surface area (Å²) in [6.45, 7) is 1.55. The van der Waals surface area contributed by atoms with Gasteiger partial charge in [-0.1, -0.05) is 34.1 Å². The van der Waals surface area contributed by atoms with Crippen molar-refractivity contribution in [3.8, 4) is 5.75 Å². The molecule has 0 fully saturated rings. The number of primary amides is 1. The van der Waals surface area contributed by atoms with Crippen molar-refractivity contribution in [1.29, 1.82) is 0 Å². The lowest BCUT2D eigenvalue weighted by molar-refractivity contribution is -0.124. The van der Waals surface area contributed by atoms with E-state index in [1.165, 1.54) is 4.31 Å². The fourth-order valence-corrected chi connectivity index (χ4v) is 4.79. The summed E-state index contributed by atoms with van der Waals surface area (Å²) in [5.74, 6) is -0.403. The maximum atomic E-state index is 13.2. The Bertz CT molecular complexity index is 914. The smallest absolute Gasteiger partial charge is 0.264 e. The number of anilines is 1. The Kier molecular flexibility index (Phi) is 4.27. The molecule has 0 radical (unpaired) electrons. The van der Waals surface area contributed by atoms with Gasteiger partial charge in [0.15, 0.2) is 6.10 Å². The van der Waals surface area contributed by atoms with E-state index in [1.807, 2.05) is 0 Å². The van der Waals surface area contributed by atoms with Crippen molar-refractivity contribution in [3.63, 3.8) is 0 Å². The van der Waals surface area contributed by atoms with E-state index in [1.54, 1.807) is 49.4 Å². The lowest BCUT2D eigenvalue weighted by Gasteiger charge is -2.34. The summed E-state index contributed by atoms with van der Waals surface area (Å²) < 4.78 is 33.7. The number of halogens is 1. The van der Waals surface area contributed by atoms with E-state index in [0.717, 1.165) is 0 Å². The number of para-hydroxylation sites is 2. The highest BCUT2D eigenvalue weighted by Crippen LogP contribution is 2.37. The Balaban J connectivity index is 2.16. The first-order valence-electron chi connectivity index (χ1n) is 7.14. The van der Waals surface area contributed by atoms with Crippen LogP contribution in [0.15, 0.2) is 51.8 Å². The number of carbonyl (C=O) groups excluding carboxylic acids is 1. The Hall–Kier alpha value is -2.06. The molecule has 1 aliphatic heterocycles. The Labute approximate surface area is 148 Å². The molecule has 3 rings (SSSR count). The molecular formula is C16H15BrN2O4S. The minimum atomic E-state index is -3.88. The predicted octanol–water partition coefficient (Wildman–Crippen LogP) is 2.20. The summed E-state index contributed by atoms with van der Waals surface area (Å²) in [7, 11) is -3.88. The fraction of sp³-hybridized carbons (Fsp3) is 0.188. The Morgan fingerprint density at radius 1 is 1.29 bits per heavy atom. The SMILES string of the molecule is Cc1ccc(Br)cc1S(=O)(=O)N1C[C@H](C(N)=O)Oc2ccccc21. The van der Waals surface area contributed by atoms with Crippen LogP contribution in [0.5, 0.6) is 5.75 Å². The van der Waals surface area contributed by atoms with Crippen LogP contribution in [0.1, 0.15) is 5.56 Å². The van der Waals surface area contributed by atoms with Crippen molar-refractivity contribution < 1.29 is 17.9 Å². The second-order valence-electron chi connectivity index (χ2n) is 5.42. The molecule has 2 aromatic rings. The van der Waals surface area contributed by atoms with Gasteiger partial charge in [0.05, 0.1) is 17.1 Å². The molecule has 0 aliphatic carbocycles. The van der Waals surface area contributed by atoms with Crippen LogP contribution in [0.3, 0.4) is 0 Å². The van der Waals surface area contributed by atoms with Gasteiger partial charge in [0.1, 0.15) is 5.75 Å². The molecule has 1 aliphatic rings. The maximum Gasteiger partial charge on any atom is 0.264 e. The van der Waals surface area contributed by atoms with Crippen LogP contribution < -0.4 is 14.8 Å². The van der Waals surface area contributed by atoms with E-state index < -0.39 is 22.0 Å². The van der Waals surface area contributed by atoms with Gasteiger partial charge in [-0.05, 0) is 36.8 Å². The highest BCUT2D eigenvalue weighted by Gasteiger charge is 2.37. The van der Waals surface area contributed by atoms with Crippen molar-refractivity contribution >= 4 is 37.5 Å². The summed E-state index contributed by atoms with van der Waals surface area (Å²) in [4.78, 5) is 11.7. The number of sulfonamides is 1. The summed E-state index contributed by atoms with van der Waals surface area (Å²) >= 11 is 3.30. The summed E-state index contributed by atoms with van der Waals surface area (Å²) in [5.41, 5.74) is 6.32. The molecule has 24 heavy (non-hydrogen) atoms. The van der Waals surface area contributed by atoms with Crippen LogP contribution in [0.2, 0.25) is 0 Å². The van der Waals surface area contributed by atoms with Gasteiger partial charge in [0, 0.05) is 4.47 Å². The Morgan fingerprint density at radius 2 is 2.00 bits per heavy atom. The zero-order chi connectivity index (χ0) is 17.5. The van der Waals surface area contributed by atoms with E-state index in [0.29, 0.717) is 21.5 Å². The standard InChI is InChI=1S/C16H15BrN2O4S/c1-10-6-7-11(17)8-15(10)24(21,22)19-9-14(16(18)20)23-13-5-3-2-4-12(13)19/h2-8,14H,9H2,1H3,(H2,18,20)/t14-/m1/s1. The van der Waals surface area contributed by atoms with Gasteiger partial charge in [-0.3, -0.25) is 9.10 Å². The lowest BCUT2D eigenvalue weighted by atomic mass is 10.2. The van der Waals surface area contributed by atoms with Crippen LogP contribution in [-0.2, 0) is 14.8 Å². The summed E-state index contributed by atoms with van der Waals surface area (Å²) in [6.07, 6.45) is -1.04. The van der Waals surface area contributed by atoms with E-state index >= 15 is 0 Å². The first-order chi connectivity index (χ1) is 11.3. The molecule has 0 aromatic heterocycles. The van der Waals surface area contributed by atoms with Crippen molar-refractivity contribution in [1.82, 2.24) is 0 Å². The third-order valence-corrected chi connectivity index (χ3v) is 6.19. The van der Waals surface area contributed by atoms with Crippen molar-refractivity contribution in [2.24, 2.45) is 5.73 Å². The third kappa shape index (κ3) is 2.87. The first-order valence-corrected chi connectivity index (χ1v) is 9.38. The molecule has 2 N–H and O–H groups in total. The zero-order valence-corrected chi connectivity index (χ0v) is 15.2. The molecule has 2 aromatic carbocycles. The quantitative estimate of drug-likeness (QED) is 0.839. The van der Waals surface area contributed by atoms with E-state index in [2.05, 4.69) is 15.9 Å². The number of ether oxygens (including phenoxy) is 1. The number of hydrogen-bond donors (Lipinski definition) is 1.